The van der Waals surface area contributed by atoms with Gasteiger partial charge in [-0.3, -0.25) is 4.79 Å². The van der Waals surface area contributed by atoms with E-state index in [0.717, 1.165) is 61.0 Å². The fourth-order valence-corrected chi connectivity index (χ4v) is 4.29. The lowest BCUT2D eigenvalue weighted by Gasteiger charge is -2.44. The van der Waals surface area contributed by atoms with E-state index in [2.05, 4.69) is 23.2 Å². The number of nitrogens with zero attached hydrogens (tertiary/aromatic N) is 1. The number of amides is 1. The molecule has 2 aromatic carbocycles. The number of rotatable bonds is 1. The van der Waals surface area contributed by atoms with Crippen molar-refractivity contribution in [3.63, 3.8) is 0 Å². The van der Waals surface area contributed by atoms with Crippen LogP contribution in [0.1, 0.15) is 35.2 Å². The van der Waals surface area contributed by atoms with E-state index in [1.807, 2.05) is 41.4 Å². The number of ether oxygens (including phenoxy) is 1. The highest BCUT2D eigenvalue weighted by atomic mass is 16.5. The van der Waals surface area contributed by atoms with E-state index >= 15 is 0 Å². The Kier molecular flexibility index (Phi) is 3.52. The summed E-state index contributed by atoms with van der Waals surface area (Å²) in [6.07, 6.45) is 5.81. The molecule has 1 amide bonds. The van der Waals surface area contributed by atoms with E-state index in [1.165, 1.54) is 5.56 Å². The number of carbonyl (C=O) groups excluding carboxylic acids is 1. The number of para-hydroxylation sites is 1. The molecule has 0 saturated carbocycles. The summed E-state index contributed by atoms with van der Waals surface area (Å²) in [7, 11) is 0. The number of hydrogen-bond acceptors (Lipinski definition) is 2. The molecule has 4 heteroatoms. The Hall–Kier alpha value is -2.75. The van der Waals surface area contributed by atoms with Crippen LogP contribution in [0.25, 0.3) is 10.9 Å². The number of aromatic amines is 1. The molecule has 2 aliphatic rings. The van der Waals surface area contributed by atoms with E-state index in [1.54, 1.807) is 0 Å². The van der Waals surface area contributed by atoms with Gasteiger partial charge in [-0.15, -0.1) is 0 Å². The van der Waals surface area contributed by atoms with Crippen LogP contribution in [0.5, 0.6) is 5.75 Å². The second-order valence-electron chi connectivity index (χ2n) is 7.46. The lowest BCUT2D eigenvalue weighted by Crippen LogP contribution is -2.51. The van der Waals surface area contributed by atoms with Crippen LogP contribution in [0.15, 0.2) is 54.7 Å². The van der Waals surface area contributed by atoms with Crippen LogP contribution in [0, 0.1) is 0 Å². The minimum atomic E-state index is -0.103. The Balaban J connectivity index is 1.30. The zero-order valence-corrected chi connectivity index (χ0v) is 14.7. The van der Waals surface area contributed by atoms with E-state index in [4.69, 9.17) is 4.74 Å². The van der Waals surface area contributed by atoms with Crippen LogP contribution >= 0.6 is 0 Å². The predicted molar refractivity (Wildman–Crippen MR) is 102 cm³/mol. The van der Waals surface area contributed by atoms with Crippen molar-refractivity contribution in [2.75, 3.05) is 13.1 Å². The Labute approximate surface area is 152 Å². The van der Waals surface area contributed by atoms with Crippen molar-refractivity contribution in [2.45, 2.75) is 31.3 Å². The Morgan fingerprint density at radius 3 is 2.77 bits per heavy atom. The van der Waals surface area contributed by atoms with Gasteiger partial charge in [0.15, 0.2) is 0 Å². The molecule has 0 bridgehead atoms. The number of hydrogen-bond donors (Lipinski definition) is 1. The summed E-state index contributed by atoms with van der Waals surface area (Å²) in [6.45, 7) is 1.51. The zero-order valence-electron chi connectivity index (χ0n) is 14.7. The average molecular weight is 346 g/mol. The summed E-state index contributed by atoms with van der Waals surface area (Å²) in [6, 6.07) is 16.2. The fraction of sp³-hybridized carbons (Fsp3) is 0.318. The number of piperidine rings is 1. The third-order valence-corrected chi connectivity index (χ3v) is 5.91. The highest BCUT2D eigenvalue weighted by Gasteiger charge is 2.40. The van der Waals surface area contributed by atoms with E-state index in [9.17, 15) is 4.79 Å². The monoisotopic (exact) mass is 346 g/mol. The largest absolute Gasteiger partial charge is 0.487 e. The van der Waals surface area contributed by atoms with Crippen LogP contribution in [-0.4, -0.2) is 34.5 Å². The van der Waals surface area contributed by atoms with Gasteiger partial charge >= 0.3 is 0 Å². The third kappa shape index (κ3) is 2.57. The number of benzene rings is 2. The minimum absolute atomic E-state index is 0.103. The number of aryl methyl sites for hydroxylation is 1. The van der Waals surface area contributed by atoms with Crippen molar-refractivity contribution >= 4 is 16.8 Å². The minimum Gasteiger partial charge on any atom is -0.487 e. The zero-order chi connectivity index (χ0) is 17.6. The lowest BCUT2D eigenvalue weighted by atomic mass is 9.83. The molecule has 1 saturated heterocycles. The first kappa shape index (κ1) is 15.5. The molecule has 3 heterocycles. The molecule has 3 aromatic rings. The molecule has 1 aromatic heterocycles. The fourth-order valence-electron chi connectivity index (χ4n) is 4.29. The number of aromatic nitrogens is 1. The maximum Gasteiger partial charge on any atom is 0.253 e. The highest BCUT2D eigenvalue weighted by Crippen LogP contribution is 2.39. The molecule has 26 heavy (non-hydrogen) atoms. The van der Waals surface area contributed by atoms with E-state index in [0.29, 0.717) is 0 Å². The lowest BCUT2D eigenvalue weighted by molar-refractivity contribution is -0.0106. The quantitative estimate of drug-likeness (QED) is 0.719. The third-order valence-electron chi connectivity index (χ3n) is 5.91. The van der Waals surface area contributed by atoms with Gasteiger partial charge in [-0.25, -0.2) is 0 Å². The van der Waals surface area contributed by atoms with Crippen molar-refractivity contribution in [3.8, 4) is 5.75 Å². The highest BCUT2D eigenvalue weighted by molar-refractivity contribution is 5.98. The summed E-state index contributed by atoms with van der Waals surface area (Å²) >= 11 is 0. The molecule has 0 aliphatic carbocycles. The summed E-state index contributed by atoms with van der Waals surface area (Å²) in [5, 5.41) is 1.13. The van der Waals surface area contributed by atoms with E-state index < -0.39 is 0 Å². The molecule has 0 atom stereocenters. The summed E-state index contributed by atoms with van der Waals surface area (Å²) in [4.78, 5) is 18.1. The molecule has 0 unspecified atom stereocenters. The molecule has 1 N–H and O–H groups in total. The number of fused-ring (bicyclic) bond motifs is 2. The van der Waals surface area contributed by atoms with Gasteiger partial charge in [0.2, 0.25) is 0 Å². The first-order chi connectivity index (χ1) is 12.7. The SMILES string of the molecule is O=C(c1ccc2cc[nH]c2c1)N1CCC2(CCc3ccccc3O2)CC1. The summed E-state index contributed by atoms with van der Waals surface area (Å²) in [5.41, 5.74) is 2.97. The van der Waals surface area contributed by atoms with E-state index in [-0.39, 0.29) is 11.5 Å². The van der Waals surface area contributed by atoms with Crippen LogP contribution in [0.2, 0.25) is 0 Å². The molecule has 1 spiro atoms. The predicted octanol–water partition coefficient (Wildman–Crippen LogP) is 4.17. The Morgan fingerprint density at radius 1 is 1.04 bits per heavy atom. The number of H-pyrrole nitrogens is 1. The van der Waals surface area contributed by atoms with Gasteiger partial charge < -0.3 is 14.6 Å². The number of likely N-dealkylation sites (tertiary alicyclic amines) is 1. The first-order valence-corrected chi connectivity index (χ1v) is 9.36. The van der Waals surface area contributed by atoms with Gasteiger partial charge in [0.1, 0.15) is 11.4 Å². The molecular formula is C22H22N2O2. The molecule has 4 nitrogen and oxygen atoms in total. The maximum atomic E-state index is 12.9. The van der Waals surface area contributed by atoms with Gasteiger partial charge in [-0.2, -0.15) is 0 Å². The van der Waals surface area contributed by atoms with Gasteiger partial charge in [0, 0.05) is 43.2 Å². The second kappa shape index (κ2) is 5.90. The van der Waals surface area contributed by atoms with Crippen LogP contribution in [0.3, 0.4) is 0 Å². The number of nitrogens with one attached hydrogen (secondary N) is 1. The molecule has 1 fully saturated rings. The van der Waals surface area contributed by atoms with Crippen molar-refractivity contribution in [1.82, 2.24) is 9.88 Å². The van der Waals surface area contributed by atoms with Crippen molar-refractivity contribution < 1.29 is 9.53 Å². The van der Waals surface area contributed by atoms with Gasteiger partial charge in [-0.1, -0.05) is 24.3 Å². The van der Waals surface area contributed by atoms with Crippen molar-refractivity contribution in [3.05, 3.63) is 65.9 Å². The van der Waals surface area contributed by atoms with Crippen LogP contribution in [-0.2, 0) is 6.42 Å². The maximum absolute atomic E-state index is 12.9. The van der Waals surface area contributed by atoms with Crippen LogP contribution < -0.4 is 4.74 Å². The molecular weight excluding hydrogens is 324 g/mol. The van der Waals surface area contributed by atoms with Gasteiger partial charge in [0.25, 0.3) is 5.91 Å². The summed E-state index contributed by atoms with van der Waals surface area (Å²) in [5.74, 6) is 1.14. The Bertz CT molecular complexity index is 967. The first-order valence-electron chi connectivity index (χ1n) is 9.36. The average Bonchev–Trinajstić information content (AvgIpc) is 3.16. The molecule has 0 radical (unpaired) electrons. The van der Waals surface area contributed by atoms with Gasteiger partial charge in [0.05, 0.1) is 0 Å². The second-order valence-corrected chi connectivity index (χ2v) is 7.46. The standard InChI is InChI=1S/C22H22N2O2/c25-21(18-6-5-16-8-12-23-19(16)15-18)24-13-10-22(11-14-24)9-7-17-3-1-2-4-20(17)26-22/h1-6,8,12,15,23H,7,9-11,13-14H2. The number of carbonyl (C=O) groups is 1. The summed E-state index contributed by atoms with van der Waals surface area (Å²) < 4.78 is 6.40. The molecule has 2 aliphatic heterocycles. The van der Waals surface area contributed by atoms with Crippen LogP contribution in [0.4, 0.5) is 0 Å². The Morgan fingerprint density at radius 2 is 1.88 bits per heavy atom. The normalized spacial score (nSPS) is 18.5. The van der Waals surface area contributed by atoms with Crippen molar-refractivity contribution in [1.29, 1.82) is 0 Å². The molecule has 132 valence electrons. The smallest absolute Gasteiger partial charge is 0.253 e. The topological polar surface area (TPSA) is 45.3 Å². The molecule has 5 rings (SSSR count). The van der Waals surface area contributed by atoms with Gasteiger partial charge in [-0.05, 0) is 48.1 Å². The van der Waals surface area contributed by atoms with Crippen molar-refractivity contribution in [2.24, 2.45) is 0 Å².